The molecule has 0 atom stereocenters. The van der Waals surface area contributed by atoms with Crippen molar-refractivity contribution in [1.29, 1.82) is 0 Å². The van der Waals surface area contributed by atoms with E-state index in [2.05, 4.69) is 26.5 Å². The van der Waals surface area contributed by atoms with E-state index in [9.17, 15) is 4.79 Å². The number of halogens is 1. The van der Waals surface area contributed by atoms with Gasteiger partial charge in [-0.25, -0.2) is 5.43 Å². The minimum Gasteiger partial charge on any atom is -0.497 e. The largest absolute Gasteiger partial charge is 0.497 e. The molecular formula is C20H17BrN2O3. The molecule has 3 aromatic carbocycles. The van der Waals surface area contributed by atoms with Crippen LogP contribution in [-0.2, 0) is 0 Å². The molecule has 26 heavy (non-hydrogen) atoms. The van der Waals surface area contributed by atoms with E-state index >= 15 is 0 Å². The fraction of sp³-hybridized carbons (Fsp3) is 0.100. The average molecular weight is 413 g/mol. The Kier molecular flexibility index (Phi) is 5.53. The molecule has 0 heterocycles. The van der Waals surface area contributed by atoms with Crippen LogP contribution in [0.4, 0.5) is 0 Å². The van der Waals surface area contributed by atoms with Gasteiger partial charge in [0.1, 0.15) is 11.5 Å². The second kappa shape index (κ2) is 8.01. The maximum absolute atomic E-state index is 12.2. The van der Waals surface area contributed by atoms with Crippen molar-refractivity contribution in [3.8, 4) is 11.5 Å². The van der Waals surface area contributed by atoms with E-state index in [0.717, 1.165) is 26.6 Å². The van der Waals surface area contributed by atoms with Crippen molar-refractivity contribution in [2.75, 3.05) is 14.2 Å². The number of nitrogens with one attached hydrogen (secondary N) is 1. The smallest absolute Gasteiger partial charge is 0.271 e. The van der Waals surface area contributed by atoms with Gasteiger partial charge in [-0.05, 0) is 47.2 Å². The number of carbonyl (C=O) groups is 1. The highest BCUT2D eigenvalue weighted by atomic mass is 79.9. The Bertz CT molecular complexity index is 981. The molecule has 0 saturated carbocycles. The monoisotopic (exact) mass is 412 g/mol. The summed E-state index contributed by atoms with van der Waals surface area (Å²) in [4.78, 5) is 12.2. The molecule has 3 rings (SSSR count). The number of hydrogen-bond acceptors (Lipinski definition) is 4. The van der Waals surface area contributed by atoms with Crippen molar-refractivity contribution >= 4 is 38.8 Å². The Morgan fingerprint density at radius 1 is 1.08 bits per heavy atom. The second-order valence-corrected chi connectivity index (χ2v) is 6.39. The quantitative estimate of drug-likeness (QED) is 0.499. The third kappa shape index (κ3) is 3.86. The number of rotatable bonds is 5. The van der Waals surface area contributed by atoms with Crippen LogP contribution in [0.15, 0.2) is 64.2 Å². The molecule has 0 fully saturated rings. The Balaban J connectivity index is 1.91. The van der Waals surface area contributed by atoms with Gasteiger partial charge in [-0.2, -0.15) is 5.10 Å². The molecule has 132 valence electrons. The summed E-state index contributed by atoms with van der Waals surface area (Å²) in [6.45, 7) is 0. The van der Waals surface area contributed by atoms with Gasteiger partial charge in [0.2, 0.25) is 0 Å². The van der Waals surface area contributed by atoms with Crippen LogP contribution in [0.25, 0.3) is 10.8 Å². The zero-order chi connectivity index (χ0) is 18.5. The van der Waals surface area contributed by atoms with E-state index in [1.54, 1.807) is 38.6 Å². The number of carbonyl (C=O) groups excluding carboxylic acids is 1. The zero-order valence-electron chi connectivity index (χ0n) is 14.3. The SMILES string of the molecule is COc1ccc2ccc(OC)c(/C=N/NC(=O)c3cccc(Br)c3)c2c1. The lowest BCUT2D eigenvalue weighted by Gasteiger charge is -2.10. The topological polar surface area (TPSA) is 59.9 Å². The van der Waals surface area contributed by atoms with Gasteiger partial charge in [-0.15, -0.1) is 0 Å². The molecule has 0 aromatic heterocycles. The summed E-state index contributed by atoms with van der Waals surface area (Å²) in [5, 5.41) is 6.04. The van der Waals surface area contributed by atoms with Gasteiger partial charge < -0.3 is 9.47 Å². The highest BCUT2D eigenvalue weighted by molar-refractivity contribution is 9.10. The van der Waals surface area contributed by atoms with Gasteiger partial charge in [0.25, 0.3) is 5.91 Å². The van der Waals surface area contributed by atoms with Crippen LogP contribution in [-0.4, -0.2) is 26.3 Å². The van der Waals surface area contributed by atoms with Crippen LogP contribution >= 0.6 is 15.9 Å². The van der Waals surface area contributed by atoms with Gasteiger partial charge in [-0.3, -0.25) is 4.79 Å². The third-order valence-corrected chi connectivity index (χ3v) is 4.39. The van der Waals surface area contributed by atoms with E-state index in [4.69, 9.17) is 9.47 Å². The summed E-state index contributed by atoms with van der Waals surface area (Å²) in [7, 11) is 3.21. The Labute approximate surface area is 159 Å². The zero-order valence-corrected chi connectivity index (χ0v) is 15.9. The molecular weight excluding hydrogens is 396 g/mol. The summed E-state index contributed by atoms with van der Waals surface area (Å²) >= 11 is 3.35. The first kappa shape index (κ1) is 17.9. The van der Waals surface area contributed by atoms with Gasteiger partial charge in [0.15, 0.2) is 0 Å². The molecule has 1 N–H and O–H groups in total. The summed E-state index contributed by atoms with van der Waals surface area (Å²) in [5.74, 6) is 1.10. The number of ether oxygens (including phenoxy) is 2. The van der Waals surface area contributed by atoms with Gasteiger partial charge in [0, 0.05) is 15.6 Å². The second-order valence-electron chi connectivity index (χ2n) is 5.48. The molecule has 0 radical (unpaired) electrons. The maximum Gasteiger partial charge on any atom is 0.271 e. The number of hydrazone groups is 1. The Morgan fingerprint density at radius 2 is 1.88 bits per heavy atom. The summed E-state index contributed by atoms with van der Waals surface area (Å²) in [5.41, 5.74) is 3.82. The van der Waals surface area contributed by atoms with Crippen LogP contribution in [0.1, 0.15) is 15.9 Å². The molecule has 1 amide bonds. The van der Waals surface area contributed by atoms with Gasteiger partial charge >= 0.3 is 0 Å². The van der Waals surface area contributed by atoms with Crippen LogP contribution in [0, 0.1) is 0 Å². The lowest BCUT2D eigenvalue weighted by atomic mass is 10.0. The van der Waals surface area contributed by atoms with Crippen molar-refractivity contribution in [2.24, 2.45) is 5.10 Å². The molecule has 0 saturated heterocycles. The summed E-state index contributed by atoms with van der Waals surface area (Å²) < 4.78 is 11.6. The molecule has 0 spiro atoms. The van der Waals surface area contributed by atoms with E-state index in [-0.39, 0.29) is 5.91 Å². The molecule has 0 bridgehead atoms. The number of hydrogen-bond donors (Lipinski definition) is 1. The molecule has 5 nitrogen and oxygen atoms in total. The van der Waals surface area contributed by atoms with E-state index in [0.29, 0.717) is 11.3 Å². The third-order valence-electron chi connectivity index (χ3n) is 3.90. The Morgan fingerprint density at radius 3 is 2.62 bits per heavy atom. The number of amides is 1. The van der Waals surface area contributed by atoms with Crippen LogP contribution < -0.4 is 14.9 Å². The fourth-order valence-corrected chi connectivity index (χ4v) is 2.99. The number of methoxy groups -OCH3 is 2. The predicted octanol–water partition coefficient (Wildman–Crippen LogP) is 4.38. The van der Waals surface area contributed by atoms with Crippen molar-refractivity contribution in [3.05, 3.63) is 70.2 Å². The van der Waals surface area contributed by atoms with Crippen molar-refractivity contribution in [2.45, 2.75) is 0 Å². The maximum atomic E-state index is 12.2. The van der Waals surface area contributed by atoms with Crippen LogP contribution in [0.2, 0.25) is 0 Å². The molecule has 3 aromatic rings. The lowest BCUT2D eigenvalue weighted by Crippen LogP contribution is -2.17. The first-order valence-electron chi connectivity index (χ1n) is 7.86. The molecule has 6 heteroatoms. The van der Waals surface area contributed by atoms with E-state index in [1.807, 2.05) is 36.4 Å². The summed E-state index contributed by atoms with van der Waals surface area (Å²) in [6, 6.07) is 16.7. The predicted molar refractivity (Wildman–Crippen MR) is 106 cm³/mol. The first-order valence-corrected chi connectivity index (χ1v) is 8.65. The average Bonchev–Trinajstić information content (AvgIpc) is 2.67. The minimum absolute atomic E-state index is 0.292. The molecule has 0 aliphatic carbocycles. The molecule has 0 aliphatic heterocycles. The normalized spacial score (nSPS) is 10.9. The van der Waals surface area contributed by atoms with E-state index in [1.165, 1.54) is 0 Å². The minimum atomic E-state index is -0.292. The van der Waals surface area contributed by atoms with Gasteiger partial charge in [0.05, 0.1) is 20.4 Å². The van der Waals surface area contributed by atoms with Crippen LogP contribution in [0.5, 0.6) is 11.5 Å². The highest BCUT2D eigenvalue weighted by Crippen LogP contribution is 2.29. The highest BCUT2D eigenvalue weighted by Gasteiger charge is 2.09. The standard InChI is InChI=1S/C20H17BrN2O3/c1-25-16-8-6-13-7-9-19(26-2)18(17(13)11-16)12-22-23-20(24)14-4-3-5-15(21)10-14/h3-12H,1-2H3,(H,23,24)/b22-12+. The Hall–Kier alpha value is -2.86. The van der Waals surface area contributed by atoms with Crippen molar-refractivity contribution in [3.63, 3.8) is 0 Å². The number of nitrogens with zero attached hydrogens (tertiary/aromatic N) is 1. The first-order chi connectivity index (χ1) is 12.6. The van der Waals surface area contributed by atoms with E-state index < -0.39 is 0 Å². The molecule has 0 aliphatic rings. The number of benzene rings is 3. The molecule has 0 unspecified atom stereocenters. The van der Waals surface area contributed by atoms with Crippen molar-refractivity contribution in [1.82, 2.24) is 5.43 Å². The van der Waals surface area contributed by atoms with Gasteiger partial charge in [-0.1, -0.05) is 34.1 Å². The summed E-state index contributed by atoms with van der Waals surface area (Å²) in [6.07, 6.45) is 1.58. The van der Waals surface area contributed by atoms with Crippen molar-refractivity contribution < 1.29 is 14.3 Å². The lowest BCUT2D eigenvalue weighted by molar-refractivity contribution is 0.0955. The fourth-order valence-electron chi connectivity index (χ4n) is 2.59. The van der Waals surface area contributed by atoms with Crippen LogP contribution in [0.3, 0.4) is 0 Å². The number of fused-ring (bicyclic) bond motifs is 1.